The highest BCUT2D eigenvalue weighted by Gasteiger charge is 2.36. The van der Waals surface area contributed by atoms with Crippen LogP contribution in [0.4, 0.5) is 8.78 Å². The van der Waals surface area contributed by atoms with Crippen LogP contribution in [0.2, 0.25) is 10.0 Å². The molecule has 0 radical (unpaired) electrons. The Kier molecular flexibility index (Phi) is 12.8. The third-order valence-corrected chi connectivity index (χ3v) is 12.8. The Morgan fingerprint density at radius 3 is 1.87 bits per heavy atom. The molecule has 0 spiro atoms. The molecule has 0 unspecified atom stereocenters. The van der Waals surface area contributed by atoms with Crippen LogP contribution in [-0.2, 0) is 14.6 Å². The van der Waals surface area contributed by atoms with Gasteiger partial charge in [0.1, 0.15) is 15.6 Å². The summed E-state index contributed by atoms with van der Waals surface area (Å²) in [5.41, 5.74) is 3.74. The van der Waals surface area contributed by atoms with Gasteiger partial charge in [0, 0.05) is 36.2 Å². The molecule has 6 aromatic rings. The fraction of sp³-hybridized carbons (Fsp3) is 0.349. The van der Waals surface area contributed by atoms with Gasteiger partial charge in [-0.25, -0.2) is 18.0 Å². The maximum atomic E-state index is 13.4. The zero-order valence-corrected chi connectivity index (χ0v) is 36.1. The van der Waals surface area contributed by atoms with Crippen LogP contribution in [0.25, 0.3) is 33.4 Å². The van der Waals surface area contributed by atoms with Crippen molar-refractivity contribution in [2.45, 2.75) is 79.5 Å². The fourth-order valence-corrected chi connectivity index (χ4v) is 9.84. The quantitative estimate of drug-likeness (QED) is 0.0927. The number of imidazole rings is 2. The zero-order valence-electron chi connectivity index (χ0n) is 33.7. The van der Waals surface area contributed by atoms with E-state index in [2.05, 4.69) is 4.74 Å². The Morgan fingerprint density at radius 1 is 0.800 bits per heavy atom. The topological polar surface area (TPSA) is 141 Å². The zero-order chi connectivity index (χ0) is 43.8. The lowest BCUT2D eigenvalue weighted by Crippen LogP contribution is -2.33. The third kappa shape index (κ3) is 9.08. The summed E-state index contributed by atoms with van der Waals surface area (Å²) in [5, 5.41) is 0.422. The molecule has 7 rings (SSSR count). The number of carbonyl (C=O) groups is 2. The third-order valence-electron chi connectivity index (χ3n) is 10.6. The number of ketones is 1. The predicted octanol–water partition coefficient (Wildman–Crippen LogP) is 9.29. The summed E-state index contributed by atoms with van der Waals surface area (Å²) in [5.74, 6) is 0.119. The lowest BCUT2D eigenvalue weighted by Gasteiger charge is -2.32. The van der Waals surface area contributed by atoms with Crippen LogP contribution in [-0.4, -0.2) is 57.1 Å². The van der Waals surface area contributed by atoms with Crippen LogP contribution in [0, 0.1) is 12.3 Å². The van der Waals surface area contributed by atoms with Gasteiger partial charge in [-0.1, -0.05) is 48.3 Å². The van der Waals surface area contributed by atoms with Gasteiger partial charge in [-0.2, -0.15) is 8.78 Å². The van der Waals surface area contributed by atoms with Gasteiger partial charge in [-0.05, 0) is 101 Å². The molecule has 318 valence electrons. The molecule has 0 N–H and O–H groups in total. The minimum Gasteiger partial charge on any atom is -0.435 e. The largest absolute Gasteiger partial charge is 0.435 e. The van der Waals surface area contributed by atoms with Gasteiger partial charge in [-0.15, -0.1) is 0 Å². The number of alkyl halides is 2. The van der Waals surface area contributed by atoms with E-state index in [9.17, 15) is 36.4 Å². The average Bonchev–Trinajstić information content (AvgIpc) is 3.61. The molecule has 3 heterocycles. The maximum Gasteiger partial charge on any atom is 0.387 e. The van der Waals surface area contributed by atoms with Crippen molar-refractivity contribution in [2.75, 3.05) is 11.5 Å². The summed E-state index contributed by atoms with van der Waals surface area (Å²) in [7, 11) is -3.02. The number of fused-ring (bicyclic) bond motifs is 2. The molecular weight excluding hydrogens is 841 g/mol. The Bertz CT molecular complexity index is 2850. The number of Topliss-reactive ketones (excluding diaryl/α,β-unsaturated/α-hetero) is 1. The molecule has 0 amide bonds. The first-order chi connectivity index (χ1) is 28.2. The van der Waals surface area contributed by atoms with Crippen molar-refractivity contribution in [2.24, 2.45) is 5.41 Å². The van der Waals surface area contributed by atoms with Gasteiger partial charge in [0.15, 0.2) is 11.5 Å². The highest BCUT2D eigenvalue weighted by Crippen LogP contribution is 2.38. The number of carbonyl (C=O) groups excluding carboxylic acids is 2. The van der Waals surface area contributed by atoms with E-state index in [0.29, 0.717) is 51.2 Å². The second-order valence-corrected chi connectivity index (χ2v) is 18.9. The molecule has 4 aromatic carbocycles. The summed E-state index contributed by atoms with van der Waals surface area (Å²) < 4.78 is 64.1. The lowest BCUT2D eigenvalue weighted by atomic mass is 9.78. The minimum absolute atomic E-state index is 0.0770. The molecule has 0 aliphatic carbocycles. The number of benzene rings is 4. The van der Waals surface area contributed by atoms with E-state index in [0.717, 1.165) is 11.3 Å². The first-order valence-corrected chi connectivity index (χ1v) is 21.7. The molecule has 0 atom stereocenters. The van der Waals surface area contributed by atoms with E-state index in [1.807, 2.05) is 65.8 Å². The molecule has 17 heteroatoms. The van der Waals surface area contributed by atoms with Crippen LogP contribution in [0.5, 0.6) is 11.5 Å². The molecule has 1 aliphatic heterocycles. The molecule has 1 aliphatic rings. The molecule has 2 aromatic heterocycles. The number of halogens is 4. The summed E-state index contributed by atoms with van der Waals surface area (Å²) in [6, 6.07) is 19.5. The normalized spacial score (nSPS) is 14.8. The van der Waals surface area contributed by atoms with Gasteiger partial charge in [0.25, 0.3) is 6.47 Å². The molecule has 1 saturated heterocycles. The minimum atomic E-state index is -3.02. The second kappa shape index (κ2) is 17.4. The maximum absolute atomic E-state index is 13.4. The first-order valence-electron chi connectivity index (χ1n) is 19.1. The van der Waals surface area contributed by atoms with Gasteiger partial charge >= 0.3 is 18.0 Å². The van der Waals surface area contributed by atoms with E-state index >= 15 is 0 Å². The lowest BCUT2D eigenvalue weighted by molar-refractivity contribution is -0.120. The van der Waals surface area contributed by atoms with E-state index in [-0.39, 0.29) is 69.9 Å². The monoisotopic (exact) mass is 884 g/mol. The molecule has 1 fully saturated rings. The fourth-order valence-electron chi connectivity index (χ4n) is 7.56. The van der Waals surface area contributed by atoms with Crippen molar-refractivity contribution in [3.8, 4) is 22.9 Å². The van der Waals surface area contributed by atoms with Crippen LogP contribution in [0.3, 0.4) is 0 Å². The highest BCUT2D eigenvalue weighted by atomic mass is 35.5. The van der Waals surface area contributed by atoms with Crippen LogP contribution >= 0.6 is 23.2 Å². The van der Waals surface area contributed by atoms with Crippen molar-refractivity contribution in [3.05, 3.63) is 115 Å². The van der Waals surface area contributed by atoms with Gasteiger partial charge in [0.05, 0.1) is 55.0 Å². The highest BCUT2D eigenvalue weighted by molar-refractivity contribution is 7.91. The Morgan fingerprint density at radius 2 is 1.33 bits per heavy atom. The standard InChI is InChI=1S/C25H29ClN2O4S.C18H15ClF2N2O4/c1-16(2)27-21-13-19(23(29)15-25(4)8-10-33(31,32)11-9-25)20(26)14-22(21)28(24(27)30)18-7-5-6-17(3)12-18;1-10(2)22-15-8-16(26-9-24)13(19)7-14(15)23(18(22)25)11-4-3-5-12(6-11)27-17(20)21/h5-7,12-14,16H,8-11,15H2,1-4H3;3-10,17H,1-2H3. The van der Waals surface area contributed by atoms with Gasteiger partial charge in [0.2, 0.25) is 0 Å². The predicted molar refractivity (Wildman–Crippen MR) is 229 cm³/mol. The van der Waals surface area contributed by atoms with Gasteiger partial charge < -0.3 is 9.47 Å². The Balaban J connectivity index is 0.000000205. The van der Waals surface area contributed by atoms with Crippen molar-refractivity contribution in [3.63, 3.8) is 0 Å². The van der Waals surface area contributed by atoms with E-state index in [4.69, 9.17) is 27.9 Å². The summed E-state index contributed by atoms with van der Waals surface area (Å²) >= 11 is 12.7. The van der Waals surface area contributed by atoms with E-state index in [1.54, 1.807) is 27.3 Å². The smallest absolute Gasteiger partial charge is 0.387 e. The number of hydrogen-bond acceptors (Lipinski definition) is 8. The number of aryl methyl sites for hydroxylation is 1. The summed E-state index contributed by atoms with van der Waals surface area (Å²) in [6.45, 7) is 8.69. The van der Waals surface area contributed by atoms with Crippen molar-refractivity contribution < 1.29 is 36.3 Å². The number of nitrogens with zero attached hydrogens (tertiary/aromatic N) is 4. The first kappa shape index (κ1) is 44.3. The number of aromatic nitrogens is 4. The summed E-state index contributed by atoms with van der Waals surface area (Å²) in [6.07, 6.45) is 1.14. The van der Waals surface area contributed by atoms with Crippen molar-refractivity contribution in [1.29, 1.82) is 0 Å². The Labute approximate surface area is 354 Å². The molecule has 0 bridgehead atoms. The number of ether oxygens (including phenoxy) is 2. The molecule has 12 nitrogen and oxygen atoms in total. The van der Waals surface area contributed by atoms with E-state index in [1.165, 1.54) is 39.5 Å². The van der Waals surface area contributed by atoms with Crippen LogP contribution in [0.15, 0.2) is 82.4 Å². The average molecular weight is 886 g/mol. The van der Waals surface area contributed by atoms with Gasteiger partial charge in [-0.3, -0.25) is 27.9 Å². The Hall–Kier alpha value is -5.25. The van der Waals surface area contributed by atoms with Crippen LogP contribution in [0.1, 0.15) is 81.9 Å². The number of hydrogen-bond donors (Lipinski definition) is 0. The van der Waals surface area contributed by atoms with Crippen LogP contribution < -0.4 is 20.9 Å². The summed E-state index contributed by atoms with van der Waals surface area (Å²) in [4.78, 5) is 50.4. The number of rotatable bonds is 11. The molecular formula is C43H44Cl2F2N4O8S. The SMILES string of the molecule is CC(C)n1c(=O)n(-c2cccc(OC(F)F)c2)c2cc(Cl)c(OC=O)cc21.Cc1cccc(-n2c(=O)n(C(C)C)c3cc(C(=O)CC4(C)CCS(=O)(=O)CC4)c(Cl)cc32)c1. The van der Waals surface area contributed by atoms with E-state index < -0.39 is 22.1 Å². The van der Waals surface area contributed by atoms with Crippen molar-refractivity contribution in [1.82, 2.24) is 18.3 Å². The number of sulfone groups is 1. The molecule has 0 saturated carbocycles. The molecule has 60 heavy (non-hydrogen) atoms. The van der Waals surface area contributed by atoms with Crippen molar-refractivity contribution >= 4 is 67.4 Å². The second-order valence-electron chi connectivity index (χ2n) is 15.7.